The van der Waals surface area contributed by atoms with Crippen LogP contribution >= 0.6 is 0 Å². The van der Waals surface area contributed by atoms with E-state index in [1.54, 1.807) is 36.7 Å². The Morgan fingerprint density at radius 1 is 1.12 bits per heavy atom. The van der Waals surface area contributed by atoms with Gasteiger partial charge in [-0.05, 0) is 30.9 Å². The fourth-order valence-electron chi connectivity index (χ4n) is 2.81. The maximum absolute atomic E-state index is 12.0. The maximum atomic E-state index is 12.0. The van der Waals surface area contributed by atoms with Crippen LogP contribution in [-0.4, -0.2) is 41.4 Å². The molecule has 0 atom stereocenters. The normalized spacial score (nSPS) is 14.7. The molecule has 136 valence electrons. The zero-order chi connectivity index (χ0) is 18.4. The highest BCUT2D eigenvalue weighted by Gasteiger charge is 2.17. The average Bonchev–Trinajstić information content (AvgIpc) is 2.68. The van der Waals surface area contributed by atoms with Crippen molar-refractivity contribution in [3.63, 3.8) is 0 Å². The van der Waals surface area contributed by atoms with Gasteiger partial charge in [-0.15, -0.1) is 0 Å². The number of anilines is 2. The lowest BCUT2D eigenvalue weighted by molar-refractivity contribution is -0.115. The van der Waals surface area contributed by atoms with Gasteiger partial charge in [-0.25, -0.2) is 9.97 Å². The third-order valence-electron chi connectivity index (χ3n) is 4.43. The summed E-state index contributed by atoms with van der Waals surface area (Å²) in [5, 5.41) is 5.27. The van der Waals surface area contributed by atoms with Gasteiger partial charge in [-0.3, -0.25) is 9.59 Å². The van der Waals surface area contributed by atoms with Crippen LogP contribution in [0.5, 0.6) is 0 Å². The van der Waals surface area contributed by atoms with Crippen molar-refractivity contribution in [1.82, 2.24) is 15.3 Å². The molecule has 2 heterocycles. The van der Waals surface area contributed by atoms with Crippen molar-refractivity contribution in [2.24, 2.45) is 5.92 Å². The molecule has 1 aliphatic rings. The molecule has 0 unspecified atom stereocenters. The number of carbonyl (C=O) groups is 2. The number of rotatable bonds is 5. The smallest absolute Gasteiger partial charge is 0.251 e. The summed E-state index contributed by atoms with van der Waals surface area (Å²) in [7, 11) is 0. The van der Waals surface area contributed by atoms with Crippen molar-refractivity contribution in [3.8, 4) is 0 Å². The van der Waals surface area contributed by atoms with E-state index in [2.05, 4.69) is 32.4 Å². The number of benzene rings is 1. The van der Waals surface area contributed by atoms with Crippen LogP contribution in [-0.2, 0) is 4.79 Å². The van der Waals surface area contributed by atoms with E-state index in [0.717, 1.165) is 31.8 Å². The first kappa shape index (κ1) is 17.8. The zero-order valence-electron chi connectivity index (χ0n) is 14.8. The quantitative estimate of drug-likeness (QED) is 0.859. The second-order valence-corrected chi connectivity index (χ2v) is 6.54. The molecule has 0 radical (unpaired) electrons. The summed E-state index contributed by atoms with van der Waals surface area (Å²) in [6.45, 7) is 4.06. The average molecular weight is 353 g/mol. The Morgan fingerprint density at radius 3 is 2.42 bits per heavy atom. The Labute approximate surface area is 152 Å². The van der Waals surface area contributed by atoms with Crippen molar-refractivity contribution in [2.75, 3.05) is 29.9 Å². The van der Waals surface area contributed by atoms with Crippen molar-refractivity contribution in [1.29, 1.82) is 0 Å². The largest absolute Gasteiger partial charge is 0.343 e. The fraction of sp³-hybridized carbons (Fsp3) is 0.368. The second-order valence-electron chi connectivity index (χ2n) is 6.54. The van der Waals surface area contributed by atoms with Gasteiger partial charge in [0.2, 0.25) is 11.9 Å². The molecule has 0 spiro atoms. The van der Waals surface area contributed by atoms with E-state index in [4.69, 9.17) is 0 Å². The Kier molecular flexibility index (Phi) is 5.78. The third kappa shape index (κ3) is 4.78. The molecule has 0 bridgehead atoms. The number of nitrogens with zero attached hydrogens (tertiary/aromatic N) is 3. The molecule has 1 aromatic carbocycles. The molecule has 1 saturated heterocycles. The predicted molar refractivity (Wildman–Crippen MR) is 100 cm³/mol. The lowest BCUT2D eigenvalue weighted by Crippen LogP contribution is -2.34. The summed E-state index contributed by atoms with van der Waals surface area (Å²) < 4.78 is 0. The SMILES string of the molecule is CC1CCN(c2ncc(NC(=O)CNC(=O)c3ccccc3)cn2)CC1. The monoisotopic (exact) mass is 353 g/mol. The molecule has 3 rings (SSSR count). The number of piperidine rings is 1. The molecule has 2 aromatic rings. The predicted octanol–water partition coefficient (Wildman–Crippen LogP) is 2.08. The van der Waals surface area contributed by atoms with E-state index < -0.39 is 0 Å². The zero-order valence-corrected chi connectivity index (χ0v) is 14.8. The van der Waals surface area contributed by atoms with Gasteiger partial charge in [-0.2, -0.15) is 0 Å². The Balaban J connectivity index is 1.48. The summed E-state index contributed by atoms with van der Waals surface area (Å²) in [5.74, 6) is 0.826. The number of nitrogens with one attached hydrogen (secondary N) is 2. The van der Waals surface area contributed by atoms with E-state index in [9.17, 15) is 9.59 Å². The van der Waals surface area contributed by atoms with Gasteiger partial charge in [0.25, 0.3) is 5.91 Å². The van der Waals surface area contributed by atoms with E-state index in [0.29, 0.717) is 17.2 Å². The lowest BCUT2D eigenvalue weighted by atomic mass is 10.00. The van der Waals surface area contributed by atoms with Gasteiger partial charge < -0.3 is 15.5 Å². The van der Waals surface area contributed by atoms with Crippen LogP contribution in [0.1, 0.15) is 30.1 Å². The second kappa shape index (κ2) is 8.42. The highest BCUT2D eigenvalue weighted by atomic mass is 16.2. The number of hydrogen-bond donors (Lipinski definition) is 2. The fourth-order valence-corrected chi connectivity index (χ4v) is 2.81. The van der Waals surface area contributed by atoms with Crippen molar-refractivity contribution >= 4 is 23.5 Å². The van der Waals surface area contributed by atoms with E-state index in [1.807, 2.05) is 6.07 Å². The summed E-state index contributed by atoms with van der Waals surface area (Å²) in [6, 6.07) is 8.77. The van der Waals surface area contributed by atoms with Crippen LogP contribution in [0.4, 0.5) is 11.6 Å². The first-order chi connectivity index (χ1) is 12.6. The summed E-state index contributed by atoms with van der Waals surface area (Å²) in [6.07, 6.45) is 5.47. The van der Waals surface area contributed by atoms with Crippen LogP contribution in [0.25, 0.3) is 0 Å². The molecule has 7 heteroatoms. The topological polar surface area (TPSA) is 87.2 Å². The summed E-state index contributed by atoms with van der Waals surface area (Å²) >= 11 is 0. The minimum atomic E-state index is -0.322. The van der Waals surface area contributed by atoms with E-state index in [-0.39, 0.29) is 18.4 Å². The van der Waals surface area contributed by atoms with Gasteiger partial charge in [0, 0.05) is 18.7 Å². The molecule has 0 aliphatic carbocycles. The van der Waals surface area contributed by atoms with Gasteiger partial charge in [0.1, 0.15) is 0 Å². The molecule has 1 fully saturated rings. The minimum absolute atomic E-state index is 0.112. The van der Waals surface area contributed by atoms with Gasteiger partial charge in [0.15, 0.2) is 0 Å². The van der Waals surface area contributed by atoms with Crippen LogP contribution in [0, 0.1) is 5.92 Å². The molecular formula is C19H23N5O2. The first-order valence-electron chi connectivity index (χ1n) is 8.82. The molecule has 26 heavy (non-hydrogen) atoms. The van der Waals surface area contributed by atoms with Gasteiger partial charge in [0.05, 0.1) is 24.6 Å². The standard InChI is InChI=1S/C19H23N5O2/c1-14-7-9-24(10-8-14)19-21-11-16(12-22-19)23-17(25)13-20-18(26)15-5-3-2-4-6-15/h2-6,11-12,14H,7-10,13H2,1H3,(H,20,26)(H,23,25). The third-order valence-corrected chi connectivity index (χ3v) is 4.43. The highest BCUT2D eigenvalue weighted by molar-refractivity contribution is 5.99. The summed E-state index contributed by atoms with van der Waals surface area (Å²) in [5.41, 5.74) is 1.03. The molecular weight excluding hydrogens is 330 g/mol. The molecule has 2 N–H and O–H groups in total. The van der Waals surface area contributed by atoms with Gasteiger partial charge in [-0.1, -0.05) is 25.1 Å². The van der Waals surface area contributed by atoms with Crippen molar-refractivity contribution < 1.29 is 9.59 Å². The number of aromatic nitrogens is 2. The Morgan fingerprint density at radius 2 is 1.77 bits per heavy atom. The Hall–Kier alpha value is -2.96. The highest BCUT2D eigenvalue weighted by Crippen LogP contribution is 2.20. The Bertz CT molecular complexity index is 740. The van der Waals surface area contributed by atoms with Gasteiger partial charge >= 0.3 is 0 Å². The molecule has 7 nitrogen and oxygen atoms in total. The van der Waals surface area contributed by atoms with Crippen LogP contribution < -0.4 is 15.5 Å². The van der Waals surface area contributed by atoms with Crippen LogP contribution in [0.15, 0.2) is 42.7 Å². The van der Waals surface area contributed by atoms with E-state index in [1.165, 1.54) is 0 Å². The van der Waals surface area contributed by atoms with Crippen molar-refractivity contribution in [2.45, 2.75) is 19.8 Å². The minimum Gasteiger partial charge on any atom is -0.343 e. The lowest BCUT2D eigenvalue weighted by Gasteiger charge is -2.30. The van der Waals surface area contributed by atoms with Crippen molar-refractivity contribution in [3.05, 3.63) is 48.3 Å². The summed E-state index contributed by atoms with van der Waals surface area (Å²) in [4.78, 5) is 34.7. The molecule has 0 saturated carbocycles. The molecule has 1 aliphatic heterocycles. The number of amides is 2. The van der Waals surface area contributed by atoms with E-state index >= 15 is 0 Å². The van der Waals surface area contributed by atoms with Crippen LogP contribution in [0.3, 0.4) is 0 Å². The number of hydrogen-bond acceptors (Lipinski definition) is 5. The molecule has 2 amide bonds. The molecule has 1 aromatic heterocycles. The number of carbonyl (C=O) groups excluding carboxylic acids is 2. The first-order valence-corrected chi connectivity index (χ1v) is 8.82. The van der Waals surface area contributed by atoms with Crippen LogP contribution in [0.2, 0.25) is 0 Å². The maximum Gasteiger partial charge on any atom is 0.251 e.